The normalized spacial score (nSPS) is 17.4. The summed E-state index contributed by atoms with van der Waals surface area (Å²) in [7, 11) is 0. The molecule has 2 fully saturated rings. The lowest BCUT2D eigenvalue weighted by molar-refractivity contribution is -0.00585. The molecule has 1 saturated heterocycles. The molecule has 1 spiro atoms. The number of benzene rings is 1. The fraction of sp³-hybridized carbons (Fsp3) is 0.333. The summed E-state index contributed by atoms with van der Waals surface area (Å²) in [6.45, 7) is 3.25. The number of pyridine rings is 3. The Morgan fingerprint density at radius 1 is 1.09 bits per heavy atom. The fourth-order valence-corrected chi connectivity index (χ4v) is 6.13. The number of nitrogens with zero attached hydrogens (tertiary/aromatic N) is 4. The maximum absolute atomic E-state index is 13.7. The van der Waals surface area contributed by atoms with Gasteiger partial charge in [0.2, 0.25) is 0 Å². The molecule has 7 rings (SSSR count). The van der Waals surface area contributed by atoms with Crippen molar-refractivity contribution < 1.29 is 29.0 Å². The summed E-state index contributed by atoms with van der Waals surface area (Å²) >= 11 is 0. The summed E-state index contributed by atoms with van der Waals surface area (Å²) < 4.78 is 12.4. The molecule has 43 heavy (non-hydrogen) atoms. The number of carboxylic acid groups (broad SMARTS) is 1. The third kappa shape index (κ3) is 4.96. The van der Waals surface area contributed by atoms with Crippen LogP contribution in [0.2, 0.25) is 0 Å². The van der Waals surface area contributed by atoms with E-state index in [1.54, 1.807) is 41.6 Å². The Morgan fingerprint density at radius 3 is 2.65 bits per heavy atom. The average Bonchev–Trinajstić information content (AvgIpc) is 3.86. The number of ketones is 1. The number of fused-ring (bicyclic) bond motifs is 2. The summed E-state index contributed by atoms with van der Waals surface area (Å²) in [5.41, 5.74) is 3.14. The minimum atomic E-state index is -1.07. The smallest absolute Gasteiger partial charge is 0.337 e. The number of hydrogen-bond donors (Lipinski definition) is 1. The summed E-state index contributed by atoms with van der Waals surface area (Å²) in [5, 5.41) is 10.2. The van der Waals surface area contributed by atoms with Gasteiger partial charge in [0.05, 0.1) is 35.4 Å². The van der Waals surface area contributed by atoms with Crippen LogP contribution in [0.3, 0.4) is 0 Å². The lowest BCUT2D eigenvalue weighted by Crippen LogP contribution is -2.52. The van der Waals surface area contributed by atoms with Crippen molar-refractivity contribution >= 4 is 28.6 Å². The van der Waals surface area contributed by atoms with Crippen molar-refractivity contribution in [2.45, 2.75) is 50.5 Å². The molecule has 3 aromatic heterocycles. The Kier molecular flexibility index (Phi) is 6.56. The number of carbonyl (C=O) groups is 3. The molecule has 1 aliphatic carbocycles. The molecule has 1 amide bonds. The van der Waals surface area contributed by atoms with Crippen LogP contribution in [0.25, 0.3) is 22.0 Å². The van der Waals surface area contributed by atoms with Gasteiger partial charge in [-0.2, -0.15) is 0 Å². The monoisotopic (exact) mass is 578 g/mol. The van der Waals surface area contributed by atoms with Gasteiger partial charge in [0, 0.05) is 67.5 Å². The average molecular weight is 579 g/mol. The highest BCUT2D eigenvalue weighted by Gasteiger charge is 2.44. The zero-order valence-electron chi connectivity index (χ0n) is 23.7. The van der Waals surface area contributed by atoms with Gasteiger partial charge in [-0.1, -0.05) is 6.07 Å². The van der Waals surface area contributed by atoms with E-state index in [4.69, 9.17) is 14.5 Å². The number of hydrogen-bond acceptors (Lipinski definition) is 8. The van der Waals surface area contributed by atoms with Crippen LogP contribution in [0.5, 0.6) is 11.5 Å². The lowest BCUT2D eigenvalue weighted by atomic mass is 9.82. The summed E-state index contributed by atoms with van der Waals surface area (Å²) in [4.78, 5) is 53.6. The molecule has 0 radical (unpaired) electrons. The van der Waals surface area contributed by atoms with Crippen molar-refractivity contribution in [1.82, 2.24) is 19.9 Å². The van der Waals surface area contributed by atoms with E-state index in [-0.39, 0.29) is 23.7 Å². The second kappa shape index (κ2) is 10.4. The van der Waals surface area contributed by atoms with Crippen molar-refractivity contribution in [2.24, 2.45) is 0 Å². The zero-order valence-corrected chi connectivity index (χ0v) is 23.7. The van der Waals surface area contributed by atoms with E-state index < -0.39 is 11.6 Å². The Labute approximate surface area is 247 Å². The SMILES string of the molecule is CCOc1cc(C(=O)N2CCC3(CC2)CC(=O)c2cc(-c4cncc(C(=O)O)c4)ccc2O3)nc2c(C3CC3)nccc12. The Balaban J connectivity index is 1.10. The summed E-state index contributed by atoms with van der Waals surface area (Å²) in [5.74, 6) is 0.230. The first-order valence-electron chi connectivity index (χ1n) is 14.6. The molecule has 1 aromatic carbocycles. The topological polar surface area (TPSA) is 132 Å². The highest BCUT2D eigenvalue weighted by molar-refractivity contribution is 6.02. The van der Waals surface area contributed by atoms with Gasteiger partial charge < -0.3 is 19.5 Å². The van der Waals surface area contributed by atoms with Crippen LogP contribution < -0.4 is 9.47 Å². The fourth-order valence-electron chi connectivity index (χ4n) is 6.13. The molecule has 1 N–H and O–H groups in total. The third-order valence-electron chi connectivity index (χ3n) is 8.57. The zero-order chi connectivity index (χ0) is 29.7. The van der Waals surface area contributed by atoms with E-state index in [2.05, 4.69) is 9.97 Å². The second-order valence-corrected chi connectivity index (χ2v) is 11.5. The molecule has 1 saturated carbocycles. The summed E-state index contributed by atoms with van der Waals surface area (Å²) in [6, 6.07) is 10.4. The van der Waals surface area contributed by atoms with Crippen LogP contribution >= 0.6 is 0 Å². The first-order valence-corrected chi connectivity index (χ1v) is 14.6. The molecule has 218 valence electrons. The molecule has 10 heteroatoms. The van der Waals surface area contributed by atoms with Crippen LogP contribution in [0.15, 0.2) is 55.0 Å². The van der Waals surface area contributed by atoms with Gasteiger partial charge in [0.1, 0.15) is 22.8 Å². The maximum atomic E-state index is 13.7. The molecular formula is C33H30N4O6. The van der Waals surface area contributed by atoms with Crippen molar-refractivity contribution in [3.63, 3.8) is 0 Å². The number of Topliss-reactive ketones (excluding diaryl/α,β-unsaturated/α-hetero) is 1. The van der Waals surface area contributed by atoms with Gasteiger partial charge in [0.15, 0.2) is 5.78 Å². The molecule has 10 nitrogen and oxygen atoms in total. The van der Waals surface area contributed by atoms with Crippen molar-refractivity contribution in [2.75, 3.05) is 19.7 Å². The molecule has 2 aliphatic heterocycles. The number of aromatic nitrogens is 3. The van der Waals surface area contributed by atoms with E-state index in [0.29, 0.717) is 72.3 Å². The van der Waals surface area contributed by atoms with Crippen LogP contribution in [0.4, 0.5) is 0 Å². The number of piperidine rings is 1. The molecule has 5 heterocycles. The van der Waals surface area contributed by atoms with Crippen LogP contribution in [0, 0.1) is 0 Å². The molecular weight excluding hydrogens is 548 g/mol. The van der Waals surface area contributed by atoms with Crippen LogP contribution in [0.1, 0.15) is 81.8 Å². The third-order valence-corrected chi connectivity index (χ3v) is 8.57. The van der Waals surface area contributed by atoms with Crippen molar-refractivity contribution in [1.29, 1.82) is 0 Å². The van der Waals surface area contributed by atoms with Gasteiger partial charge in [-0.3, -0.25) is 19.6 Å². The van der Waals surface area contributed by atoms with Gasteiger partial charge in [-0.15, -0.1) is 0 Å². The number of likely N-dealkylation sites (tertiary alicyclic amines) is 1. The van der Waals surface area contributed by atoms with Gasteiger partial charge in [-0.05, 0) is 49.6 Å². The highest BCUT2D eigenvalue weighted by Crippen LogP contribution is 2.43. The van der Waals surface area contributed by atoms with Gasteiger partial charge in [-0.25, -0.2) is 9.78 Å². The quantitative estimate of drug-likeness (QED) is 0.323. The Hall–Kier alpha value is -4.86. The molecule has 0 bridgehead atoms. The van der Waals surface area contributed by atoms with E-state index in [0.717, 1.165) is 29.4 Å². The van der Waals surface area contributed by atoms with Crippen LogP contribution in [-0.2, 0) is 0 Å². The number of aromatic carboxylic acids is 1. The molecule has 0 unspecified atom stereocenters. The van der Waals surface area contributed by atoms with Gasteiger partial charge in [0.25, 0.3) is 5.91 Å². The number of amides is 1. The van der Waals surface area contributed by atoms with Crippen molar-refractivity contribution in [3.05, 3.63) is 77.5 Å². The van der Waals surface area contributed by atoms with Crippen LogP contribution in [-0.4, -0.2) is 67.9 Å². The largest absolute Gasteiger partial charge is 0.493 e. The molecule has 3 aliphatic rings. The summed E-state index contributed by atoms with van der Waals surface area (Å²) in [6.07, 6.45) is 8.01. The number of rotatable bonds is 6. The predicted octanol–water partition coefficient (Wildman–Crippen LogP) is 5.31. The Morgan fingerprint density at radius 2 is 1.91 bits per heavy atom. The van der Waals surface area contributed by atoms with Crippen molar-refractivity contribution in [3.8, 4) is 22.6 Å². The first-order chi connectivity index (χ1) is 20.8. The Bertz CT molecular complexity index is 1790. The van der Waals surface area contributed by atoms with Gasteiger partial charge >= 0.3 is 5.97 Å². The highest BCUT2D eigenvalue weighted by atomic mass is 16.5. The first kappa shape index (κ1) is 27.0. The van der Waals surface area contributed by atoms with E-state index in [1.807, 2.05) is 13.0 Å². The number of ether oxygens (including phenoxy) is 2. The number of carbonyl (C=O) groups excluding carboxylic acids is 2. The number of carboxylic acids is 1. The van der Waals surface area contributed by atoms with E-state index in [1.165, 1.54) is 12.3 Å². The minimum Gasteiger partial charge on any atom is -0.493 e. The second-order valence-electron chi connectivity index (χ2n) is 11.5. The van der Waals surface area contributed by atoms with E-state index in [9.17, 15) is 19.5 Å². The molecule has 4 aromatic rings. The lowest BCUT2D eigenvalue weighted by Gasteiger charge is -2.44. The predicted molar refractivity (Wildman–Crippen MR) is 157 cm³/mol. The minimum absolute atomic E-state index is 0.0390. The molecule has 0 atom stereocenters. The standard InChI is InChI=1S/C33H30N4O6/c1-2-42-28-15-25(36-30-23(28)7-10-35-29(30)19-3-4-19)31(39)37-11-8-33(9-12-37)16-26(38)24-14-20(5-6-27(24)43-33)21-13-22(32(40)41)18-34-17-21/h5-7,10,13-15,17-19H,2-4,8-9,11-12,16H2,1H3,(H,40,41). The van der Waals surface area contributed by atoms with E-state index >= 15 is 0 Å². The maximum Gasteiger partial charge on any atom is 0.337 e.